The van der Waals surface area contributed by atoms with E-state index < -0.39 is 20.5 Å². The topological polar surface area (TPSA) is 69.4 Å². The molecule has 0 amide bonds. The Hall–Kier alpha value is -0.690. The van der Waals surface area contributed by atoms with Crippen molar-refractivity contribution in [3.8, 4) is 0 Å². The number of rotatable bonds is 6. The van der Waals surface area contributed by atoms with Crippen molar-refractivity contribution in [1.29, 1.82) is 0 Å². The second-order valence-electron chi connectivity index (χ2n) is 5.32. The number of sulfone groups is 1. The van der Waals surface area contributed by atoms with Gasteiger partial charge in [-0.2, -0.15) is 0 Å². The van der Waals surface area contributed by atoms with E-state index in [4.69, 9.17) is 34.3 Å². The van der Waals surface area contributed by atoms with Crippen molar-refractivity contribution in [2.45, 2.75) is 18.1 Å². The second kappa shape index (κ2) is 5.83. The lowest BCUT2D eigenvalue weighted by Gasteiger charge is -2.16. The molecule has 0 spiro atoms. The van der Waals surface area contributed by atoms with Gasteiger partial charge in [0.15, 0.2) is 9.84 Å². The van der Waals surface area contributed by atoms with E-state index in [0.717, 1.165) is 5.56 Å². The van der Waals surface area contributed by atoms with Gasteiger partial charge in [-0.15, -0.1) is 0 Å². The highest BCUT2D eigenvalue weighted by atomic mass is 35.5. The minimum atomic E-state index is -3.31. The summed E-state index contributed by atoms with van der Waals surface area (Å²) in [7, 11) is -3.31. The van der Waals surface area contributed by atoms with Gasteiger partial charge >= 0.3 is 0 Å². The van der Waals surface area contributed by atoms with E-state index in [-0.39, 0.29) is 17.5 Å². The fourth-order valence-electron chi connectivity index (χ4n) is 3.01. The summed E-state index contributed by atoms with van der Waals surface area (Å²) < 4.78 is 29.7. The highest BCUT2D eigenvalue weighted by molar-refractivity contribution is 7.92. The first-order chi connectivity index (χ1) is 9.75. The van der Waals surface area contributed by atoms with Crippen LogP contribution < -0.4 is 5.73 Å². The molecule has 0 saturated heterocycles. The number of benzene rings is 1. The van der Waals surface area contributed by atoms with Crippen LogP contribution in [0.2, 0.25) is 5.02 Å². The average Bonchev–Trinajstić information content (AvgIpc) is 3.07. The second-order valence-corrected chi connectivity index (χ2v) is 8.37. The van der Waals surface area contributed by atoms with Crippen molar-refractivity contribution in [1.82, 2.24) is 0 Å². The van der Waals surface area contributed by atoms with Gasteiger partial charge in [0.25, 0.3) is 0 Å². The molecule has 21 heavy (non-hydrogen) atoms. The molecule has 0 bridgehead atoms. The van der Waals surface area contributed by atoms with E-state index in [1.54, 1.807) is 18.2 Å². The van der Waals surface area contributed by atoms with Gasteiger partial charge in [-0.1, -0.05) is 36.0 Å². The Balaban J connectivity index is 2.49. The van der Waals surface area contributed by atoms with E-state index in [0.29, 0.717) is 11.6 Å². The van der Waals surface area contributed by atoms with Crippen LogP contribution >= 0.6 is 23.8 Å². The standard InChI is InChI=1S/C14H18ClNO3S2/c1-3-19-8-14(13(16)20)11(12(14)21(2,17)18)9-5-4-6-10(15)7-9/h4-7,11-12H,3,8H2,1-2H3,(H2,16,20)/t11-,12-,14+/m1/s1. The molecule has 1 aliphatic rings. The summed E-state index contributed by atoms with van der Waals surface area (Å²) in [5, 5.41) is -0.104. The van der Waals surface area contributed by atoms with Gasteiger partial charge in [0.2, 0.25) is 0 Å². The summed E-state index contributed by atoms with van der Waals surface area (Å²) in [4.78, 5) is 0.177. The summed E-state index contributed by atoms with van der Waals surface area (Å²) in [6, 6.07) is 7.14. The zero-order chi connectivity index (χ0) is 15.8. The summed E-state index contributed by atoms with van der Waals surface area (Å²) in [5.74, 6) is -0.310. The number of halogens is 1. The van der Waals surface area contributed by atoms with Gasteiger partial charge in [0.05, 0.1) is 22.3 Å². The molecular weight excluding hydrogens is 330 g/mol. The van der Waals surface area contributed by atoms with Crippen molar-refractivity contribution in [3.05, 3.63) is 34.9 Å². The van der Waals surface area contributed by atoms with Gasteiger partial charge in [0, 0.05) is 23.8 Å². The summed E-state index contributed by atoms with van der Waals surface area (Å²) in [5.41, 5.74) is 5.86. The van der Waals surface area contributed by atoms with E-state index in [1.807, 2.05) is 13.0 Å². The molecule has 0 heterocycles. The van der Waals surface area contributed by atoms with E-state index >= 15 is 0 Å². The van der Waals surface area contributed by atoms with Gasteiger partial charge < -0.3 is 10.5 Å². The molecule has 0 radical (unpaired) electrons. The molecule has 1 aromatic carbocycles. The molecule has 0 aliphatic heterocycles. The fourth-order valence-corrected chi connectivity index (χ4v) is 5.52. The SMILES string of the molecule is CCOC[C@]1(C(N)=S)[C@H](c2cccc(Cl)c2)[C@H]1S(C)(=O)=O. The Kier molecular flexibility index (Phi) is 4.63. The maximum atomic E-state index is 12.1. The monoisotopic (exact) mass is 347 g/mol. The third-order valence-electron chi connectivity index (χ3n) is 3.93. The lowest BCUT2D eigenvalue weighted by Crippen LogP contribution is -2.33. The highest BCUT2D eigenvalue weighted by Gasteiger charge is 2.71. The minimum Gasteiger partial charge on any atom is -0.393 e. The number of hydrogen-bond acceptors (Lipinski definition) is 4. The first-order valence-electron chi connectivity index (χ1n) is 6.57. The van der Waals surface area contributed by atoms with Crippen molar-refractivity contribution < 1.29 is 13.2 Å². The molecule has 3 atom stereocenters. The predicted molar refractivity (Wildman–Crippen MR) is 88.5 cm³/mol. The molecular formula is C14H18ClNO3S2. The quantitative estimate of drug-likeness (QED) is 0.798. The van der Waals surface area contributed by atoms with Crippen LogP contribution in [0.1, 0.15) is 18.4 Å². The lowest BCUT2D eigenvalue weighted by atomic mass is 10.00. The molecule has 7 heteroatoms. The van der Waals surface area contributed by atoms with E-state index in [1.165, 1.54) is 6.26 Å². The van der Waals surface area contributed by atoms with Crippen molar-refractivity contribution in [2.75, 3.05) is 19.5 Å². The van der Waals surface area contributed by atoms with Gasteiger partial charge in [-0.25, -0.2) is 8.42 Å². The number of thiocarbonyl (C=S) groups is 1. The Morgan fingerprint density at radius 1 is 1.52 bits per heavy atom. The lowest BCUT2D eigenvalue weighted by molar-refractivity contribution is 0.121. The highest BCUT2D eigenvalue weighted by Crippen LogP contribution is 2.63. The third-order valence-corrected chi connectivity index (χ3v) is 6.16. The number of nitrogens with two attached hydrogens (primary N) is 1. The maximum absolute atomic E-state index is 12.1. The van der Waals surface area contributed by atoms with Crippen LogP contribution in [0.5, 0.6) is 0 Å². The smallest absolute Gasteiger partial charge is 0.152 e. The zero-order valence-electron chi connectivity index (χ0n) is 11.9. The summed E-state index contributed by atoms with van der Waals surface area (Å²) in [6.45, 7) is 2.52. The Morgan fingerprint density at radius 3 is 2.67 bits per heavy atom. The van der Waals surface area contributed by atoms with Crippen molar-refractivity contribution in [3.63, 3.8) is 0 Å². The molecule has 1 saturated carbocycles. The molecule has 1 aliphatic carbocycles. The molecule has 4 nitrogen and oxygen atoms in total. The van der Waals surface area contributed by atoms with Gasteiger partial charge in [-0.3, -0.25) is 0 Å². The van der Waals surface area contributed by atoms with Crippen molar-refractivity contribution >= 4 is 38.6 Å². The Bertz CT molecular complexity index is 662. The third kappa shape index (κ3) is 2.95. The molecule has 116 valence electrons. The fraction of sp³-hybridized carbons (Fsp3) is 0.500. The van der Waals surface area contributed by atoms with Crippen LogP contribution in [-0.4, -0.2) is 38.1 Å². The van der Waals surface area contributed by atoms with Crippen LogP contribution in [0.4, 0.5) is 0 Å². The van der Waals surface area contributed by atoms with Crippen LogP contribution in [0.3, 0.4) is 0 Å². The predicted octanol–water partition coefficient (Wildman–Crippen LogP) is 2.16. The molecule has 1 aromatic rings. The normalized spacial score (nSPS) is 28.3. The first-order valence-corrected chi connectivity index (χ1v) is 9.31. The zero-order valence-corrected chi connectivity index (χ0v) is 14.3. The minimum absolute atomic E-state index is 0.177. The molecule has 0 unspecified atom stereocenters. The number of hydrogen-bond donors (Lipinski definition) is 1. The van der Waals surface area contributed by atoms with Crippen LogP contribution in [0.15, 0.2) is 24.3 Å². The largest absolute Gasteiger partial charge is 0.393 e. The Labute approximate surface area is 135 Å². The van der Waals surface area contributed by atoms with Gasteiger partial charge in [-0.05, 0) is 24.6 Å². The first kappa shape index (κ1) is 16.7. The molecule has 0 aromatic heterocycles. The van der Waals surface area contributed by atoms with Crippen LogP contribution in [-0.2, 0) is 14.6 Å². The summed E-state index contributed by atoms with van der Waals surface area (Å²) in [6.07, 6.45) is 1.21. The Morgan fingerprint density at radius 2 is 2.19 bits per heavy atom. The average molecular weight is 348 g/mol. The van der Waals surface area contributed by atoms with Gasteiger partial charge in [0.1, 0.15) is 0 Å². The molecule has 1 fully saturated rings. The van der Waals surface area contributed by atoms with Crippen LogP contribution in [0.25, 0.3) is 0 Å². The maximum Gasteiger partial charge on any atom is 0.152 e. The molecule has 2 N–H and O–H groups in total. The van der Waals surface area contributed by atoms with Crippen molar-refractivity contribution in [2.24, 2.45) is 11.1 Å². The molecule has 2 rings (SSSR count). The van der Waals surface area contributed by atoms with E-state index in [9.17, 15) is 8.42 Å². The van der Waals surface area contributed by atoms with E-state index in [2.05, 4.69) is 0 Å². The van der Waals surface area contributed by atoms with Crippen LogP contribution in [0, 0.1) is 5.41 Å². The summed E-state index contributed by atoms with van der Waals surface area (Å²) >= 11 is 11.2. The number of ether oxygens (including phenoxy) is 1.